The fourth-order valence-electron chi connectivity index (χ4n) is 2.42. The topological polar surface area (TPSA) is 106 Å². The van der Waals surface area contributed by atoms with E-state index in [4.69, 9.17) is 11.5 Å². The Kier molecular flexibility index (Phi) is 4.70. The first-order valence-electron chi connectivity index (χ1n) is 7.08. The molecule has 6 nitrogen and oxygen atoms in total. The third kappa shape index (κ3) is 2.95. The van der Waals surface area contributed by atoms with Crippen LogP contribution in [0, 0.1) is 0 Å². The van der Waals surface area contributed by atoms with Crippen molar-refractivity contribution in [2.45, 2.75) is 32.1 Å². The van der Waals surface area contributed by atoms with Crippen molar-refractivity contribution in [1.82, 2.24) is 4.90 Å². The molecule has 1 heterocycles. The third-order valence-corrected chi connectivity index (χ3v) is 3.54. The molecule has 2 rings (SSSR count). The lowest BCUT2D eigenvalue weighted by Crippen LogP contribution is -2.36. The number of nitrogen functional groups attached to an aromatic ring is 1. The van der Waals surface area contributed by atoms with Gasteiger partial charge in [-0.15, -0.1) is 0 Å². The van der Waals surface area contributed by atoms with Crippen LogP contribution >= 0.6 is 0 Å². The van der Waals surface area contributed by atoms with Gasteiger partial charge in [-0.1, -0.05) is 18.9 Å². The van der Waals surface area contributed by atoms with Gasteiger partial charge >= 0.3 is 0 Å². The number of rotatable bonds is 6. The van der Waals surface area contributed by atoms with E-state index in [9.17, 15) is 14.4 Å². The van der Waals surface area contributed by atoms with Crippen LogP contribution in [0.3, 0.4) is 0 Å². The number of benzene rings is 1. The van der Waals surface area contributed by atoms with Crippen molar-refractivity contribution in [2.75, 3.05) is 12.3 Å². The van der Waals surface area contributed by atoms with Crippen molar-refractivity contribution in [2.24, 2.45) is 5.73 Å². The number of unbranched alkanes of at least 4 members (excludes halogenated alkanes) is 3. The standard InChI is InChI=1S/C15H19N3O3/c16-9-4-2-1-3-8-12(19)18-14(20)10-6-5-7-11(17)13(10)15(18)21/h5-7H,1-4,8-9,16-17H2. The van der Waals surface area contributed by atoms with Crippen molar-refractivity contribution in [3.05, 3.63) is 29.3 Å². The van der Waals surface area contributed by atoms with Gasteiger partial charge in [0.1, 0.15) is 0 Å². The Morgan fingerprint density at radius 1 is 1.05 bits per heavy atom. The molecule has 0 atom stereocenters. The van der Waals surface area contributed by atoms with E-state index in [0.717, 1.165) is 19.3 Å². The first-order valence-corrected chi connectivity index (χ1v) is 7.08. The molecule has 0 bridgehead atoms. The zero-order valence-corrected chi connectivity index (χ0v) is 11.8. The summed E-state index contributed by atoms with van der Waals surface area (Å²) in [6.07, 6.45) is 3.53. The summed E-state index contributed by atoms with van der Waals surface area (Å²) in [5.41, 5.74) is 11.7. The SMILES string of the molecule is NCCCCCCC(=O)N1C(=O)c2cccc(N)c2C1=O. The molecule has 1 aliphatic heterocycles. The average molecular weight is 289 g/mol. The molecular formula is C15H19N3O3. The van der Waals surface area contributed by atoms with Crippen LogP contribution in [-0.2, 0) is 4.79 Å². The summed E-state index contributed by atoms with van der Waals surface area (Å²) in [5, 5.41) is 0. The second kappa shape index (κ2) is 6.49. The van der Waals surface area contributed by atoms with E-state index in [-0.39, 0.29) is 23.2 Å². The van der Waals surface area contributed by atoms with Crippen molar-refractivity contribution >= 4 is 23.4 Å². The van der Waals surface area contributed by atoms with E-state index < -0.39 is 17.7 Å². The highest BCUT2D eigenvalue weighted by Gasteiger charge is 2.40. The van der Waals surface area contributed by atoms with E-state index >= 15 is 0 Å². The number of imide groups is 3. The summed E-state index contributed by atoms with van der Waals surface area (Å²) in [7, 11) is 0. The Balaban J connectivity index is 2.02. The minimum Gasteiger partial charge on any atom is -0.398 e. The van der Waals surface area contributed by atoms with E-state index in [1.807, 2.05) is 0 Å². The largest absolute Gasteiger partial charge is 0.398 e. The summed E-state index contributed by atoms with van der Waals surface area (Å²) in [6.45, 7) is 0.631. The van der Waals surface area contributed by atoms with Crippen molar-refractivity contribution in [3.8, 4) is 0 Å². The number of carbonyl (C=O) groups excluding carboxylic acids is 3. The number of hydrogen-bond donors (Lipinski definition) is 2. The van der Waals surface area contributed by atoms with Crippen LogP contribution in [-0.4, -0.2) is 29.2 Å². The normalized spacial score (nSPS) is 13.7. The number of carbonyl (C=O) groups is 3. The molecular weight excluding hydrogens is 270 g/mol. The third-order valence-electron chi connectivity index (χ3n) is 3.54. The van der Waals surface area contributed by atoms with Crippen LogP contribution < -0.4 is 11.5 Å². The monoisotopic (exact) mass is 289 g/mol. The maximum atomic E-state index is 12.2. The van der Waals surface area contributed by atoms with E-state index in [1.54, 1.807) is 12.1 Å². The Morgan fingerprint density at radius 3 is 2.43 bits per heavy atom. The van der Waals surface area contributed by atoms with Crippen LogP contribution in [0.5, 0.6) is 0 Å². The number of nitrogens with two attached hydrogens (primary N) is 2. The van der Waals surface area contributed by atoms with Gasteiger partial charge in [0, 0.05) is 12.1 Å². The van der Waals surface area contributed by atoms with Gasteiger partial charge in [-0.25, -0.2) is 4.90 Å². The number of fused-ring (bicyclic) bond motifs is 1. The van der Waals surface area contributed by atoms with Gasteiger partial charge in [0.15, 0.2) is 0 Å². The van der Waals surface area contributed by atoms with Crippen molar-refractivity contribution < 1.29 is 14.4 Å². The highest BCUT2D eigenvalue weighted by molar-refractivity contribution is 6.30. The molecule has 1 aliphatic rings. The molecule has 0 unspecified atom stereocenters. The van der Waals surface area contributed by atoms with Gasteiger partial charge in [-0.3, -0.25) is 14.4 Å². The molecule has 6 heteroatoms. The molecule has 0 aliphatic carbocycles. The van der Waals surface area contributed by atoms with Gasteiger partial charge in [0.05, 0.1) is 11.1 Å². The molecule has 0 aromatic heterocycles. The zero-order valence-electron chi connectivity index (χ0n) is 11.8. The lowest BCUT2D eigenvalue weighted by Gasteiger charge is -2.11. The number of nitrogens with zero attached hydrogens (tertiary/aromatic N) is 1. The molecule has 3 amide bonds. The molecule has 0 saturated heterocycles. The minimum absolute atomic E-state index is 0.138. The molecule has 1 aromatic rings. The van der Waals surface area contributed by atoms with Crippen LogP contribution in [0.25, 0.3) is 0 Å². The van der Waals surface area contributed by atoms with E-state index in [2.05, 4.69) is 0 Å². The second-order valence-electron chi connectivity index (χ2n) is 5.06. The fraction of sp³-hybridized carbons (Fsp3) is 0.400. The molecule has 4 N–H and O–H groups in total. The average Bonchev–Trinajstić information content (AvgIpc) is 2.71. The van der Waals surface area contributed by atoms with E-state index in [1.165, 1.54) is 6.07 Å². The summed E-state index contributed by atoms with van der Waals surface area (Å²) in [5.74, 6) is -1.65. The predicted molar refractivity (Wildman–Crippen MR) is 78.5 cm³/mol. The maximum Gasteiger partial charge on any atom is 0.270 e. The molecule has 1 aromatic carbocycles. The second-order valence-corrected chi connectivity index (χ2v) is 5.06. The Morgan fingerprint density at radius 2 is 1.76 bits per heavy atom. The Labute approximate surface area is 123 Å². The fourth-order valence-corrected chi connectivity index (χ4v) is 2.42. The first kappa shape index (κ1) is 15.2. The van der Waals surface area contributed by atoms with Crippen LogP contribution in [0.4, 0.5) is 5.69 Å². The van der Waals surface area contributed by atoms with Crippen molar-refractivity contribution in [3.63, 3.8) is 0 Å². The van der Waals surface area contributed by atoms with Gasteiger partial charge in [-0.05, 0) is 31.5 Å². The summed E-state index contributed by atoms with van der Waals surface area (Å²) in [6, 6.07) is 4.66. The number of anilines is 1. The van der Waals surface area contributed by atoms with Gasteiger partial charge < -0.3 is 11.5 Å². The summed E-state index contributed by atoms with van der Waals surface area (Å²) in [4.78, 5) is 37.2. The van der Waals surface area contributed by atoms with Gasteiger partial charge in [-0.2, -0.15) is 0 Å². The van der Waals surface area contributed by atoms with Gasteiger partial charge in [0.2, 0.25) is 5.91 Å². The summed E-state index contributed by atoms with van der Waals surface area (Å²) < 4.78 is 0. The molecule has 112 valence electrons. The zero-order chi connectivity index (χ0) is 15.4. The van der Waals surface area contributed by atoms with Crippen LogP contribution in [0.1, 0.15) is 52.8 Å². The first-order chi connectivity index (χ1) is 10.1. The molecule has 0 saturated carbocycles. The minimum atomic E-state index is -0.611. The molecule has 0 spiro atoms. The number of hydrogen-bond acceptors (Lipinski definition) is 5. The van der Waals surface area contributed by atoms with Crippen LogP contribution in [0.15, 0.2) is 18.2 Å². The highest BCUT2D eigenvalue weighted by atomic mass is 16.2. The van der Waals surface area contributed by atoms with Gasteiger partial charge in [0.25, 0.3) is 11.8 Å². The lowest BCUT2D eigenvalue weighted by atomic mass is 10.1. The maximum absolute atomic E-state index is 12.2. The Bertz CT molecular complexity index is 584. The van der Waals surface area contributed by atoms with Crippen molar-refractivity contribution in [1.29, 1.82) is 0 Å². The molecule has 0 fully saturated rings. The number of amides is 3. The Hall–Kier alpha value is -2.21. The highest BCUT2D eigenvalue weighted by Crippen LogP contribution is 2.28. The smallest absolute Gasteiger partial charge is 0.270 e. The molecule has 0 radical (unpaired) electrons. The quantitative estimate of drug-likeness (QED) is 0.466. The van der Waals surface area contributed by atoms with E-state index in [0.29, 0.717) is 17.9 Å². The van der Waals surface area contributed by atoms with Crippen LogP contribution in [0.2, 0.25) is 0 Å². The molecule has 21 heavy (non-hydrogen) atoms. The predicted octanol–water partition coefficient (Wildman–Crippen LogP) is 1.30. The summed E-state index contributed by atoms with van der Waals surface area (Å²) >= 11 is 0. The lowest BCUT2D eigenvalue weighted by molar-refractivity contribution is -0.126.